The van der Waals surface area contributed by atoms with Crippen molar-refractivity contribution in [3.63, 3.8) is 0 Å². The number of imidazole rings is 1. The smallest absolute Gasteiger partial charge is 0.150 e. The van der Waals surface area contributed by atoms with Crippen LogP contribution in [0.5, 0.6) is 0 Å². The molecule has 4 nitrogen and oxygen atoms in total. The third kappa shape index (κ3) is 2.20. The number of nitrogens with zero attached hydrogens (tertiary/aromatic N) is 2. The molecule has 1 aromatic heterocycles. The van der Waals surface area contributed by atoms with Gasteiger partial charge < -0.3 is 4.57 Å². The lowest BCUT2D eigenvalue weighted by atomic mass is 10.0. The average Bonchev–Trinajstić information content (AvgIpc) is 2.73. The predicted octanol–water partition coefficient (Wildman–Crippen LogP) is 2.07. The zero-order valence-electron chi connectivity index (χ0n) is 10.8. The van der Waals surface area contributed by atoms with Gasteiger partial charge in [-0.3, -0.25) is 0 Å². The summed E-state index contributed by atoms with van der Waals surface area (Å²) in [7, 11) is -2.84. The van der Waals surface area contributed by atoms with Crippen molar-refractivity contribution in [2.24, 2.45) is 0 Å². The fraction of sp³-hybridized carbons (Fsp3) is 0.769. The number of aromatic nitrogens is 2. The maximum Gasteiger partial charge on any atom is 0.150 e. The fourth-order valence-electron chi connectivity index (χ4n) is 3.17. The van der Waals surface area contributed by atoms with Gasteiger partial charge in [-0.25, -0.2) is 13.4 Å². The Balaban J connectivity index is 1.89. The second-order valence-corrected chi connectivity index (χ2v) is 7.94. The van der Waals surface area contributed by atoms with Crippen molar-refractivity contribution in [1.82, 2.24) is 9.55 Å². The maximum absolute atomic E-state index is 11.7. The van der Waals surface area contributed by atoms with E-state index in [1.54, 1.807) is 0 Å². The lowest BCUT2D eigenvalue weighted by Crippen LogP contribution is -2.23. The van der Waals surface area contributed by atoms with Crippen LogP contribution in [0.3, 0.4) is 0 Å². The fourth-order valence-corrected chi connectivity index (χ4v) is 4.90. The minimum absolute atomic E-state index is 0.119. The van der Waals surface area contributed by atoms with Gasteiger partial charge in [0.1, 0.15) is 5.82 Å². The van der Waals surface area contributed by atoms with E-state index >= 15 is 0 Å². The predicted molar refractivity (Wildman–Crippen MR) is 70.5 cm³/mol. The Labute approximate surface area is 108 Å². The van der Waals surface area contributed by atoms with Crippen LogP contribution < -0.4 is 0 Å². The molecule has 1 saturated heterocycles. The van der Waals surface area contributed by atoms with Gasteiger partial charge in [0.25, 0.3) is 0 Å². The molecule has 0 aromatic carbocycles. The van der Waals surface area contributed by atoms with Gasteiger partial charge in [0.2, 0.25) is 0 Å². The molecule has 0 aliphatic carbocycles. The molecule has 0 spiro atoms. The monoisotopic (exact) mass is 268 g/mol. The van der Waals surface area contributed by atoms with E-state index in [2.05, 4.69) is 17.7 Å². The lowest BCUT2D eigenvalue weighted by molar-refractivity contribution is 0.463. The summed E-state index contributed by atoms with van der Waals surface area (Å²) in [6, 6.07) is 0. The maximum atomic E-state index is 11.7. The number of fused-ring (bicyclic) bond motifs is 1. The van der Waals surface area contributed by atoms with Crippen LogP contribution in [0.4, 0.5) is 0 Å². The highest BCUT2D eigenvalue weighted by molar-refractivity contribution is 7.91. The lowest BCUT2D eigenvalue weighted by Gasteiger charge is -2.19. The molecule has 3 heterocycles. The van der Waals surface area contributed by atoms with Gasteiger partial charge in [0.15, 0.2) is 9.84 Å². The quantitative estimate of drug-likeness (QED) is 0.783. The van der Waals surface area contributed by atoms with Gasteiger partial charge in [-0.1, -0.05) is 6.92 Å². The van der Waals surface area contributed by atoms with Gasteiger partial charge in [-0.15, -0.1) is 0 Å². The van der Waals surface area contributed by atoms with E-state index in [1.165, 1.54) is 12.8 Å². The third-order valence-electron chi connectivity index (χ3n) is 4.18. The van der Waals surface area contributed by atoms with E-state index in [0.717, 1.165) is 30.9 Å². The summed E-state index contributed by atoms with van der Waals surface area (Å²) in [5.74, 6) is 2.42. The van der Waals surface area contributed by atoms with Crippen LogP contribution in [-0.4, -0.2) is 29.5 Å². The molecule has 0 N–H and O–H groups in total. The highest BCUT2D eigenvalue weighted by Crippen LogP contribution is 2.32. The first-order valence-corrected chi connectivity index (χ1v) is 8.65. The van der Waals surface area contributed by atoms with E-state index in [-0.39, 0.29) is 11.7 Å². The van der Waals surface area contributed by atoms with Crippen molar-refractivity contribution >= 4 is 9.84 Å². The Kier molecular flexibility index (Phi) is 2.96. The van der Waals surface area contributed by atoms with E-state index in [0.29, 0.717) is 11.7 Å². The normalized spacial score (nSPS) is 30.9. The standard InChI is InChI=1S/C13H20N2O2S/c1-10-4-2-6-15-8-12(14-13(10)15)11-5-3-7-18(16,17)9-11/h8,10-11H,2-7,9H2,1H3. The molecule has 5 heteroatoms. The third-order valence-corrected chi connectivity index (χ3v) is 6.01. The van der Waals surface area contributed by atoms with Gasteiger partial charge in [-0.05, 0) is 25.7 Å². The van der Waals surface area contributed by atoms with Gasteiger partial charge in [0, 0.05) is 24.6 Å². The van der Waals surface area contributed by atoms with Crippen molar-refractivity contribution < 1.29 is 8.42 Å². The van der Waals surface area contributed by atoms with E-state index < -0.39 is 9.84 Å². The summed E-state index contributed by atoms with van der Waals surface area (Å²) < 4.78 is 25.6. The van der Waals surface area contributed by atoms with Crippen LogP contribution in [0.2, 0.25) is 0 Å². The van der Waals surface area contributed by atoms with Crippen LogP contribution in [0, 0.1) is 0 Å². The molecule has 0 bridgehead atoms. The molecule has 0 saturated carbocycles. The molecule has 18 heavy (non-hydrogen) atoms. The molecule has 0 amide bonds. The summed E-state index contributed by atoms with van der Waals surface area (Å²) in [5, 5.41) is 0. The first kappa shape index (κ1) is 12.2. The van der Waals surface area contributed by atoms with E-state index in [1.807, 2.05) is 0 Å². The Bertz CT molecular complexity index is 547. The van der Waals surface area contributed by atoms with E-state index in [4.69, 9.17) is 4.98 Å². The molecule has 1 fully saturated rings. The number of rotatable bonds is 1. The van der Waals surface area contributed by atoms with Crippen molar-refractivity contribution in [2.75, 3.05) is 11.5 Å². The summed E-state index contributed by atoms with van der Waals surface area (Å²) in [4.78, 5) is 4.72. The highest BCUT2D eigenvalue weighted by Gasteiger charge is 2.29. The Morgan fingerprint density at radius 2 is 2.17 bits per heavy atom. The summed E-state index contributed by atoms with van der Waals surface area (Å²) in [6.07, 6.45) is 6.23. The van der Waals surface area contributed by atoms with Gasteiger partial charge >= 0.3 is 0 Å². The van der Waals surface area contributed by atoms with Crippen LogP contribution >= 0.6 is 0 Å². The largest absolute Gasteiger partial charge is 0.334 e. The zero-order valence-corrected chi connectivity index (χ0v) is 11.6. The number of hydrogen-bond donors (Lipinski definition) is 0. The Morgan fingerprint density at radius 1 is 1.33 bits per heavy atom. The topological polar surface area (TPSA) is 52.0 Å². The zero-order chi connectivity index (χ0) is 12.8. The van der Waals surface area contributed by atoms with Crippen LogP contribution in [0.25, 0.3) is 0 Å². The summed E-state index contributed by atoms with van der Waals surface area (Å²) in [6.45, 7) is 3.24. The first-order valence-electron chi connectivity index (χ1n) is 6.82. The van der Waals surface area contributed by atoms with Crippen molar-refractivity contribution in [1.29, 1.82) is 0 Å². The van der Waals surface area contributed by atoms with Crippen LogP contribution in [-0.2, 0) is 16.4 Å². The Hall–Kier alpha value is -0.840. The highest BCUT2D eigenvalue weighted by atomic mass is 32.2. The van der Waals surface area contributed by atoms with Crippen LogP contribution in [0.1, 0.15) is 56.0 Å². The Morgan fingerprint density at radius 3 is 2.89 bits per heavy atom. The molecule has 2 aliphatic rings. The first-order chi connectivity index (χ1) is 8.55. The molecule has 1 aromatic rings. The van der Waals surface area contributed by atoms with Crippen molar-refractivity contribution in [3.05, 3.63) is 17.7 Å². The number of hydrogen-bond acceptors (Lipinski definition) is 3. The molecule has 0 radical (unpaired) electrons. The van der Waals surface area contributed by atoms with Crippen LogP contribution in [0.15, 0.2) is 6.20 Å². The number of sulfone groups is 1. The minimum atomic E-state index is -2.84. The molecule has 2 aliphatic heterocycles. The molecular weight excluding hydrogens is 248 g/mol. The molecule has 2 unspecified atom stereocenters. The van der Waals surface area contributed by atoms with Crippen molar-refractivity contribution in [2.45, 2.75) is 51.0 Å². The molecule has 100 valence electrons. The van der Waals surface area contributed by atoms with Gasteiger partial charge in [-0.2, -0.15) is 0 Å². The SMILES string of the molecule is CC1CCCn2cc(C3CCCS(=O)(=O)C3)nc21. The summed E-state index contributed by atoms with van der Waals surface area (Å²) in [5.41, 5.74) is 1.00. The molecule has 3 rings (SSSR count). The number of aryl methyl sites for hydroxylation is 1. The van der Waals surface area contributed by atoms with Gasteiger partial charge in [0.05, 0.1) is 17.2 Å². The van der Waals surface area contributed by atoms with E-state index in [9.17, 15) is 8.42 Å². The minimum Gasteiger partial charge on any atom is -0.334 e. The average molecular weight is 268 g/mol. The summed E-state index contributed by atoms with van der Waals surface area (Å²) >= 11 is 0. The second kappa shape index (κ2) is 4.37. The molecule has 2 atom stereocenters. The van der Waals surface area contributed by atoms with Crippen molar-refractivity contribution in [3.8, 4) is 0 Å². The second-order valence-electron chi connectivity index (χ2n) is 5.71. The molecular formula is C13H20N2O2S.